The number of alkyl halides is 3. The second-order valence-electron chi connectivity index (χ2n) is 5.25. The monoisotopic (exact) mass is 343 g/mol. The highest BCUT2D eigenvalue weighted by atomic mass is 32.1. The van der Waals surface area contributed by atoms with Crippen LogP contribution in [-0.4, -0.2) is 15.5 Å². The number of amides is 1. The van der Waals surface area contributed by atoms with Gasteiger partial charge in [-0.2, -0.15) is 13.2 Å². The van der Waals surface area contributed by atoms with Crippen LogP contribution < -0.4 is 10.9 Å². The zero-order valence-corrected chi connectivity index (χ0v) is 12.6. The summed E-state index contributed by atoms with van der Waals surface area (Å²) in [6.07, 6.45) is -1.44. The van der Waals surface area contributed by atoms with Gasteiger partial charge in [0.15, 0.2) is 5.13 Å². The van der Waals surface area contributed by atoms with Crippen molar-refractivity contribution in [1.29, 1.82) is 0 Å². The minimum atomic E-state index is -4.74. The molecule has 1 aliphatic rings. The maximum absolute atomic E-state index is 12.7. The molecule has 0 atom stereocenters. The Balaban J connectivity index is 1.71. The average molecular weight is 343 g/mol. The van der Waals surface area contributed by atoms with Gasteiger partial charge in [-0.05, 0) is 25.0 Å². The van der Waals surface area contributed by atoms with Crippen molar-refractivity contribution in [2.75, 3.05) is 5.32 Å². The Kier molecular flexibility index (Phi) is 3.97. The van der Waals surface area contributed by atoms with Crippen LogP contribution in [0.1, 0.15) is 30.0 Å². The Hall–Kier alpha value is -2.16. The predicted molar refractivity (Wildman–Crippen MR) is 78.4 cm³/mol. The lowest BCUT2D eigenvalue weighted by atomic mass is 10.2. The number of thiazole rings is 1. The number of carbonyl (C=O) groups excluding carboxylic acids is 1. The molecule has 0 saturated heterocycles. The van der Waals surface area contributed by atoms with E-state index in [1.807, 2.05) is 5.38 Å². The summed E-state index contributed by atoms with van der Waals surface area (Å²) in [4.78, 5) is 27.9. The van der Waals surface area contributed by atoms with E-state index in [4.69, 9.17) is 0 Å². The summed E-state index contributed by atoms with van der Waals surface area (Å²) in [5.74, 6) is -0.147. The van der Waals surface area contributed by atoms with Gasteiger partial charge < -0.3 is 9.88 Å². The molecule has 1 aliphatic carbocycles. The highest BCUT2D eigenvalue weighted by Crippen LogP contribution is 2.40. The second-order valence-corrected chi connectivity index (χ2v) is 6.11. The molecule has 0 bridgehead atoms. The number of pyridine rings is 1. The van der Waals surface area contributed by atoms with E-state index >= 15 is 0 Å². The number of anilines is 1. The molecule has 0 aliphatic heterocycles. The topological polar surface area (TPSA) is 64.0 Å². The van der Waals surface area contributed by atoms with E-state index in [9.17, 15) is 22.8 Å². The number of nitrogens with one attached hydrogen (secondary N) is 1. The number of hydrogen-bond acceptors (Lipinski definition) is 4. The number of hydrogen-bond donors (Lipinski definition) is 1. The third-order valence-electron chi connectivity index (χ3n) is 3.40. The van der Waals surface area contributed by atoms with Gasteiger partial charge in [0.2, 0.25) is 5.91 Å². The minimum Gasteiger partial charge on any atom is -0.306 e. The van der Waals surface area contributed by atoms with Crippen molar-refractivity contribution in [3.63, 3.8) is 0 Å². The Morgan fingerprint density at radius 1 is 1.43 bits per heavy atom. The van der Waals surface area contributed by atoms with Crippen LogP contribution in [0.2, 0.25) is 0 Å². The molecule has 2 aromatic heterocycles. The first kappa shape index (κ1) is 15.7. The normalized spacial score (nSPS) is 14.7. The van der Waals surface area contributed by atoms with Gasteiger partial charge in [-0.15, -0.1) is 11.3 Å². The van der Waals surface area contributed by atoms with Gasteiger partial charge in [-0.1, -0.05) is 0 Å². The van der Waals surface area contributed by atoms with Gasteiger partial charge in [0.1, 0.15) is 12.1 Å². The van der Waals surface area contributed by atoms with E-state index in [2.05, 4.69) is 10.3 Å². The van der Waals surface area contributed by atoms with Crippen LogP contribution in [0.15, 0.2) is 28.5 Å². The van der Waals surface area contributed by atoms with Crippen molar-refractivity contribution < 1.29 is 18.0 Å². The van der Waals surface area contributed by atoms with Crippen molar-refractivity contribution in [1.82, 2.24) is 9.55 Å². The van der Waals surface area contributed by atoms with Crippen molar-refractivity contribution in [3.8, 4) is 0 Å². The first-order valence-corrected chi connectivity index (χ1v) is 7.74. The molecule has 0 unspecified atom stereocenters. The third-order valence-corrected chi connectivity index (χ3v) is 4.18. The van der Waals surface area contributed by atoms with Gasteiger partial charge in [0, 0.05) is 17.5 Å². The SMILES string of the molecule is O=C(Cn1cccc(C(F)(F)F)c1=O)Nc1nc(C2CC2)cs1. The van der Waals surface area contributed by atoms with E-state index in [0.717, 1.165) is 35.4 Å². The van der Waals surface area contributed by atoms with E-state index in [1.54, 1.807) is 0 Å². The van der Waals surface area contributed by atoms with Crippen LogP contribution in [0.5, 0.6) is 0 Å². The molecule has 3 rings (SSSR count). The molecule has 5 nitrogen and oxygen atoms in total. The quantitative estimate of drug-likeness (QED) is 0.928. The van der Waals surface area contributed by atoms with E-state index in [0.29, 0.717) is 17.1 Å². The predicted octanol–water partition coefficient (Wildman–Crippen LogP) is 2.84. The molecular weight excluding hydrogens is 331 g/mol. The molecule has 23 heavy (non-hydrogen) atoms. The fourth-order valence-corrected chi connectivity index (χ4v) is 2.91. The summed E-state index contributed by atoms with van der Waals surface area (Å²) in [5.41, 5.74) is -1.62. The average Bonchev–Trinajstić information content (AvgIpc) is 3.21. The van der Waals surface area contributed by atoms with Crippen LogP contribution in [0.3, 0.4) is 0 Å². The van der Waals surface area contributed by atoms with Crippen molar-refractivity contribution >= 4 is 22.4 Å². The Morgan fingerprint density at radius 2 is 2.17 bits per heavy atom. The van der Waals surface area contributed by atoms with Gasteiger partial charge >= 0.3 is 6.18 Å². The molecule has 0 aromatic carbocycles. The Morgan fingerprint density at radius 3 is 2.83 bits per heavy atom. The number of carbonyl (C=O) groups is 1. The third kappa shape index (κ3) is 3.61. The summed E-state index contributed by atoms with van der Waals surface area (Å²) < 4.78 is 38.8. The maximum atomic E-state index is 12.7. The molecule has 9 heteroatoms. The smallest absolute Gasteiger partial charge is 0.306 e. The fourth-order valence-electron chi connectivity index (χ4n) is 2.10. The molecule has 1 fully saturated rings. The molecule has 0 spiro atoms. The molecule has 1 saturated carbocycles. The van der Waals surface area contributed by atoms with Crippen molar-refractivity contribution in [2.45, 2.75) is 31.5 Å². The minimum absolute atomic E-state index is 0.386. The lowest BCUT2D eigenvalue weighted by molar-refractivity contribution is -0.139. The second kappa shape index (κ2) is 5.80. The summed E-state index contributed by atoms with van der Waals surface area (Å²) >= 11 is 1.26. The number of nitrogens with zero attached hydrogens (tertiary/aromatic N) is 2. The molecule has 2 heterocycles. The largest absolute Gasteiger partial charge is 0.421 e. The summed E-state index contributed by atoms with van der Waals surface area (Å²) in [6, 6.07) is 1.78. The zero-order valence-electron chi connectivity index (χ0n) is 11.8. The molecule has 1 N–H and O–H groups in total. The molecule has 122 valence electrons. The van der Waals surface area contributed by atoms with Gasteiger partial charge in [-0.25, -0.2) is 4.98 Å². The molecule has 1 amide bonds. The molecular formula is C14H12F3N3O2S. The highest BCUT2D eigenvalue weighted by Gasteiger charge is 2.34. The first-order chi connectivity index (χ1) is 10.8. The van der Waals surface area contributed by atoms with Crippen LogP contribution in [0, 0.1) is 0 Å². The number of aromatic nitrogens is 2. The lowest BCUT2D eigenvalue weighted by Crippen LogP contribution is -2.31. The summed E-state index contributed by atoms with van der Waals surface area (Å²) in [7, 11) is 0. The summed E-state index contributed by atoms with van der Waals surface area (Å²) in [6.45, 7) is -0.499. The van der Waals surface area contributed by atoms with Crippen molar-refractivity contribution in [2.24, 2.45) is 0 Å². The number of halogens is 3. The molecule has 0 radical (unpaired) electrons. The first-order valence-electron chi connectivity index (χ1n) is 6.86. The standard InChI is InChI=1S/C14H12F3N3O2S/c15-14(16,17)9-2-1-5-20(12(9)22)6-11(21)19-13-18-10(7-23-13)8-3-4-8/h1-2,5,7-8H,3-4,6H2,(H,18,19,21). The number of rotatable bonds is 4. The van der Waals surface area contributed by atoms with E-state index in [-0.39, 0.29) is 0 Å². The maximum Gasteiger partial charge on any atom is 0.421 e. The van der Waals surface area contributed by atoms with Crippen LogP contribution in [-0.2, 0) is 17.5 Å². The van der Waals surface area contributed by atoms with E-state index < -0.39 is 29.8 Å². The highest BCUT2D eigenvalue weighted by molar-refractivity contribution is 7.13. The van der Waals surface area contributed by atoms with Gasteiger partial charge in [0.25, 0.3) is 5.56 Å². The van der Waals surface area contributed by atoms with E-state index in [1.165, 1.54) is 11.3 Å². The molecule has 2 aromatic rings. The van der Waals surface area contributed by atoms with Crippen LogP contribution in [0.25, 0.3) is 0 Å². The van der Waals surface area contributed by atoms with Gasteiger partial charge in [-0.3, -0.25) is 9.59 Å². The zero-order chi connectivity index (χ0) is 16.6. The van der Waals surface area contributed by atoms with Crippen LogP contribution in [0.4, 0.5) is 18.3 Å². The Bertz CT molecular complexity index is 793. The lowest BCUT2D eigenvalue weighted by Gasteiger charge is -2.09. The van der Waals surface area contributed by atoms with Crippen LogP contribution >= 0.6 is 11.3 Å². The Labute approximate surface area is 132 Å². The summed E-state index contributed by atoms with van der Waals surface area (Å²) in [5, 5.41) is 4.74. The van der Waals surface area contributed by atoms with Crippen molar-refractivity contribution in [3.05, 3.63) is 45.3 Å². The fraction of sp³-hybridized carbons (Fsp3) is 0.357. The van der Waals surface area contributed by atoms with Gasteiger partial charge in [0.05, 0.1) is 5.69 Å².